The highest BCUT2D eigenvalue weighted by Crippen LogP contribution is 2.35. The average molecular weight is 398 g/mol. The van der Waals surface area contributed by atoms with Gasteiger partial charge in [-0.05, 0) is 30.3 Å². The second kappa shape index (κ2) is 5.10. The second-order valence-electron chi connectivity index (χ2n) is 4.21. The summed E-state index contributed by atoms with van der Waals surface area (Å²) in [4.78, 5) is 4.47. The van der Waals surface area contributed by atoms with Crippen LogP contribution in [-0.2, 0) is 0 Å². The van der Waals surface area contributed by atoms with E-state index in [0.717, 1.165) is 14.5 Å². The van der Waals surface area contributed by atoms with Crippen molar-refractivity contribution in [1.82, 2.24) is 4.98 Å². The quantitative estimate of drug-likeness (QED) is 0.641. The third-order valence-electron chi connectivity index (χ3n) is 2.88. The lowest BCUT2D eigenvalue weighted by Gasteiger charge is -2.05. The standard InChI is InChI=1S/C14H10Br2N2O2/c1-19-12-6-7(15)2-3-9(12)14-18-11-5-8(16)4-10(17)13(11)20-14/h2-6H,17H2,1H3. The fraction of sp³-hybridized carbons (Fsp3) is 0.0714. The van der Waals surface area contributed by atoms with Gasteiger partial charge in [-0.15, -0.1) is 0 Å². The Hall–Kier alpha value is -1.53. The van der Waals surface area contributed by atoms with E-state index in [4.69, 9.17) is 14.9 Å². The lowest BCUT2D eigenvalue weighted by molar-refractivity contribution is 0.414. The Balaban J connectivity index is 2.22. The number of methoxy groups -OCH3 is 1. The molecule has 0 aliphatic rings. The van der Waals surface area contributed by atoms with Crippen LogP contribution in [0.1, 0.15) is 0 Å². The maximum atomic E-state index is 5.94. The number of hydrogen-bond donors (Lipinski definition) is 1. The van der Waals surface area contributed by atoms with E-state index in [9.17, 15) is 0 Å². The molecule has 3 rings (SSSR count). The number of halogens is 2. The van der Waals surface area contributed by atoms with Gasteiger partial charge in [-0.3, -0.25) is 0 Å². The Morgan fingerprint density at radius 2 is 1.95 bits per heavy atom. The zero-order valence-electron chi connectivity index (χ0n) is 10.5. The maximum absolute atomic E-state index is 5.94. The number of nitrogens with two attached hydrogens (primary N) is 1. The summed E-state index contributed by atoms with van der Waals surface area (Å²) in [6, 6.07) is 9.31. The minimum absolute atomic E-state index is 0.481. The van der Waals surface area contributed by atoms with E-state index in [0.29, 0.717) is 28.4 Å². The molecule has 6 heteroatoms. The molecule has 0 atom stereocenters. The molecule has 0 bridgehead atoms. The summed E-state index contributed by atoms with van der Waals surface area (Å²) in [6.07, 6.45) is 0. The van der Waals surface area contributed by atoms with Gasteiger partial charge in [-0.2, -0.15) is 0 Å². The van der Waals surface area contributed by atoms with Crippen molar-refractivity contribution >= 4 is 48.6 Å². The largest absolute Gasteiger partial charge is 0.496 e. The van der Waals surface area contributed by atoms with E-state index < -0.39 is 0 Å². The highest BCUT2D eigenvalue weighted by atomic mass is 79.9. The number of nitrogens with zero attached hydrogens (tertiary/aromatic N) is 1. The molecule has 2 aromatic carbocycles. The molecule has 2 N–H and O–H groups in total. The zero-order chi connectivity index (χ0) is 14.3. The van der Waals surface area contributed by atoms with Gasteiger partial charge in [0.05, 0.1) is 18.4 Å². The zero-order valence-corrected chi connectivity index (χ0v) is 13.7. The molecule has 4 nitrogen and oxygen atoms in total. The van der Waals surface area contributed by atoms with Crippen LogP contribution in [-0.4, -0.2) is 12.1 Å². The van der Waals surface area contributed by atoms with Crippen molar-refractivity contribution in [2.75, 3.05) is 12.8 Å². The van der Waals surface area contributed by atoms with Crippen molar-refractivity contribution in [3.05, 3.63) is 39.3 Å². The van der Waals surface area contributed by atoms with Crippen LogP contribution >= 0.6 is 31.9 Å². The SMILES string of the molecule is COc1cc(Br)ccc1-c1nc2cc(Br)cc(N)c2o1. The predicted octanol–water partition coefficient (Wildman–Crippen LogP) is 4.61. The summed E-state index contributed by atoms with van der Waals surface area (Å²) in [7, 11) is 1.61. The van der Waals surface area contributed by atoms with E-state index in [1.807, 2.05) is 24.3 Å². The maximum Gasteiger partial charge on any atom is 0.231 e. The van der Waals surface area contributed by atoms with Crippen molar-refractivity contribution in [2.45, 2.75) is 0 Å². The number of aromatic nitrogens is 1. The van der Waals surface area contributed by atoms with Crippen molar-refractivity contribution in [2.24, 2.45) is 0 Å². The molecule has 1 aromatic heterocycles. The lowest BCUT2D eigenvalue weighted by atomic mass is 10.2. The van der Waals surface area contributed by atoms with Crippen molar-refractivity contribution < 1.29 is 9.15 Å². The fourth-order valence-electron chi connectivity index (χ4n) is 1.98. The van der Waals surface area contributed by atoms with Gasteiger partial charge >= 0.3 is 0 Å². The number of rotatable bonds is 2. The summed E-state index contributed by atoms with van der Waals surface area (Å²) >= 11 is 6.80. The minimum atomic E-state index is 0.481. The number of hydrogen-bond acceptors (Lipinski definition) is 4. The van der Waals surface area contributed by atoms with Crippen molar-refractivity contribution in [1.29, 1.82) is 0 Å². The number of anilines is 1. The van der Waals surface area contributed by atoms with E-state index >= 15 is 0 Å². The topological polar surface area (TPSA) is 61.3 Å². The molecule has 0 amide bonds. The van der Waals surface area contributed by atoms with Gasteiger partial charge in [-0.25, -0.2) is 4.98 Å². The number of ether oxygens (including phenoxy) is 1. The van der Waals surface area contributed by atoms with Crippen LogP contribution in [0.4, 0.5) is 5.69 Å². The molecule has 0 spiro atoms. The molecule has 0 fully saturated rings. The molecule has 1 heterocycles. The molecule has 102 valence electrons. The Kier molecular flexibility index (Phi) is 3.43. The van der Waals surface area contributed by atoms with E-state index in [-0.39, 0.29) is 0 Å². The molecule has 0 unspecified atom stereocenters. The van der Waals surface area contributed by atoms with Crippen LogP contribution < -0.4 is 10.5 Å². The highest BCUT2D eigenvalue weighted by molar-refractivity contribution is 9.10. The van der Waals surface area contributed by atoms with Gasteiger partial charge in [0, 0.05) is 8.95 Å². The van der Waals surface area contributed by atoms with Crippen LogP contribution in [0, 0.1) is 0 Å². The van der Waals surface area contributed by atoms with Crippen LogP contribution in [0.3, 0.4) is 0 Å². The molecule has 0 saturated heterocycles. The van der Waals surface area contributed by atoms with Gasteiger partial charge in [0.25, 0.3) is 0 Å². The normalized spacial score (nSPS) is 10.9. The summed E-state index contributed by atoms with van der Waals surface area (Å²) in [6.45, 7) is 0. The van der Waals surface area contributed by atoms with Crippen molar-refractivity contribution in [3.8, 4) is 17.2 Å². The van der Waals surface area contributed by atoms with Gasteiger partial charge < -0.3 is 14.9 Å². The van der Waals surface area contributed by atoms with Gasteiger partial charge in [0.15, 0.2) is 5.58 Å². The number of benzene rings is 2. The van der Waals surface area contributed by atoms with Crippen LogP contribution in [0.25, 0.3) is 22.6 Å². The molecule has 0 aliphatic carbocycles. The second-order valence-corrected chi connectivity index (χ2v) is 6.04. The van der Waals surface area contributed by atoms with Gasteiger partial charge in [-0.1, -0.05) is 31.9 Å². The number of oxazole rings is 1. The van der Waals surface area contributed by atoms with Crippen LogP contribution in [0.2, 0.25) is 0 Å². The number of nitrogen functional groups attached to an aromatic ring is 1. The third kappa shape index (κ3) is 2.29. The van der Waals surface area contributed by atoms with E-state index in [1.165, 1.54) is 0 Å². The average Bonchev–Trinajstić information content (AvgIpc) is 2.82. The monoisotopic (exact) mass is 396 g/mol. The first-order valence-electron chi connectivity index (χ1n) is 5.78. The Labute approximate surface area is 132 Å². The molecule has 0 saturated carbocycles. The minimum Gasteiger partial charge on any atom is -0.496 e. The third-order valence-corrected chi connectivity index (χ3v) is 3.83. The van der Waals surface area contributed by atoms with E-state index in [1.54, 1.807) is 13.2 Å². The van der Waals surface area contributed by atoms with Gasteiger partial charge in [0.1, 0.15) is 11.3 Å². The molecule has 0 radical (unpaired) electrons. The van der Waals surface area contributed by atoms with Crippen LogP contribution in [0.15, 0.2) is 43.7 Å². The Morgan fingerprint density at radius 3 is 2.70 bits per heavy atom. The summed E-state index contributed by atoms with van der Waals surface area (Å²) in [5.41, 5.74) is 8.55. The van der Waals surface area contributed by atoms with Gasteiger partial charge in [0.2, 0.25) is 5.89 Å². The molecule has 20 heavy (non-hydrogen) atoms. The molecule has 0 aliphatic heterocycles. The summed E-state index contributed by atoms with van der Waals surface area (Å²) < 4.78 is 12.9. The Bertz CT molecular complexity index is 799. The smallest absolute Gasteiger partial charge is 0.231 e. The first-order valence-corrected chi connectivity index (χ1v) is 7.36. The van der Waals surface area contributed by atoms with E-state index in [2.05, 4.69) is 36.8 Å². The number of fused-ring (bicyclic) bond motifs is 1. The predicted molar refractivity (Wildman–Crippen MR) is 85.8 cm³/mol. The first kappa shape index (κ1) is 13.5. The fourth-order valence-corrected chi connectivity index (χ4v) is 2.78. The van der Waals surface area contributed by atoms with Crippen LogP contribution in [0.5, 0.6) is 5.75 Å². The lowest BCUT2D eigenvalue weighted by Crippen LogP contribution is -1.87. The Morgan fingerprint density at radius 1 is 1.15 bits per heavy atom. The molecular weight excluding hydrogens is 388 g/mol. The molecule has 3 aromatic rings. The summed E-state index contributed by atoms with van der Waals surface area (Å²) in [5, 5.41) is 0. The molecular formula is C14H10Br2N2O2. The highest BCUT2D eigenvalue weighted by Gasteiger charge is 2.15. The summed E-state index contributed by atoms with van der Waals surface area (Å²) in [5.74, 6) is 1.16. The first-order chi connectivity index (χ1) is 9.58. The van der Waals surface area contributed by atoms with Crippen molar-refractivity contribution in [3.63, 3.8) is 0 Å².